The van der Waals surface area contributed by atoms with E-state index in [0.29, 0.717) is 10.0 Å². The Morgan fingerprint density at radius 1 is 1.24 bits per heavy atom. The zero-order valence-electron chi connectivity index (χ0n) is 10.4. The average Bonchev–Trinajstić information content (AvgIpc) is 2.31. The standard InChI is InChI=1S/C14H20BrFO/c1-3-6-10(7-4-2)14(17)11-8-5-9-12(15)13(11)16/h5,8-10,14,17H,3-4,6-7H2,1-2H3. The molecule has 1 aromatic rings. The van der Waals surface area contributed by atoms with Crippen LogP contribution in [0.4, 0.5) is 4.39 Å². The lowest BCUT2D eigenvalue weighted by atomic mass is 9.88. The topological polar surface area (TPSA) is 20.2 Å². The highest BCUT2D eigenvalue weighted by Gasteiger charge is 2.22. The molecule has 0 aromatic heterocycles. The molecule has 3 heteroatoms. The second-order valence-electron chi connectivity index (χ2n) is 4.43. The normalized spacial score (nSPS) is 13.1. The Morgan fingerprint density at radius 3 is 2.35 bits per heavy atom. The number of aliphatic hydroxyl groups is 1. The van der Waals surface area contributed by atoms with Crippen LogP contribution in [0, 0.1) is 11.7 Å². The molecule has 1 aromatic carbocycles. The molecule has 0 bridgehead atoms. The van der Waals surface area contributed by atoms with Crippen LogP contribution in [-0.4, -0.2) is 5.11 Å². The van der Waals surface area contributed by atoms with Gasteiger partial charge in [-0.1, -0.05) is 38.8 Å². The Kier molecular flexibility index (Phi) is 6.14. The lowest BCUT2D eigenvalue weighted by Crippen LogP contribution is -2.14. The van der Waals surface area contributed by atoms with Crippen molar-refractivity contribution in [1.82, 2.24) is 0 Å². The average molecular weight is 303 g/mol. The molecule has 1 N–H and O–H groups in total. The largest absolute Gasteiger partial charge is 0.388 e. The minimum Gasteiger partial charge on any atom is -0.388 e. The Labute approximate surface area is 111 Å². The highest BCUT2D eigenvalue weighted by Crippen LogP contribution is 2.32. The van der Waals surface area contributed by atoms with Crippen LogP contribution in [-0.2, 0) is 0 Å². The monoisotopic (exact) mass is 302 g/mol. The maximum absolute atomic E-state index is 13.9. The molecule has 0 aliphatic heterocycles. The van der Waals surface area contributed by atoms with E-state index in [1.54, 1.807) is 18.2 Å². The third kappa shape index (κ3) is 3.78. The molecule has 0 fully saturated rings. The molecule has 1 nitrogen and oxygen atoms in total. The van der Waals surface area contributed by atoms with Crippen LogP contribution in [0.1, 0.15) is 51.2 Å². The van der Waals surface area contributed by atoms with Crippen LogP contribution < -0.4 is 0 Å². The predicted molar refractivity (Wildman–Crippen MR) is 72.4 cm³/mol. The van der Waals surface area contributed by atoms with Crippen molar-refractivity contribution in [1.29, 1.82) is 0 Å². The van der Waals surface area contributed by atoms with Crippen molar-refractivity contribution in [3.63, 3.8) is 0 Å². The van der Waals surface area contributed by atoms with E-state index >= 15 is 0 Å². The summed E-state index contributed by atoms with van der Waals surface area (Å²) in [6.45, 7) is 4.18. The number of benzene rings is 1. The third-order valence-electron chi connectivity index (χ3n) is 3.07. The molecule has 1 rings (SSSR count). The Morgan fingerprint density at radius 2 is 1.82 bits per heavy atom. The van der Waals surface area contributed by atoms with Gasteiger partial charge in [-0.2, -0.15) is 0 Å². The smallest absolute Gasteiger partial charge is 0.143 e. The summed E-state index contributed by atoms with van der Waals surface area (Å²) in [5, 5.41) is 10.3. The number of hydrogen-bond donors (Lipinski definition) is 1. The van der Waals surface area contributed by atoms with Crippen LogP contribution in [0.25, 0.3) is 0 Å². The summed E-state index contributed by atoms with van der Waals surface area (Å²) in [5.74, 6) is -0.189. The number of rotatable bonds is 6. The quantitative estimate of drug-likeness (QED) is 0.797. The third-order valence-corrected chi connectivity index (χ3v) is 3.68. The molecule has 0 aliphatic carbocycles. The van der Waals surface area contributed by atoms with Crippen molar-refractivity contribution in [2.75, 3.05) is 0 Å². The van der Waals surface area contributed by atoms with Gasteiger partial charge in [0, 0.05) is 5.56 Å². The zero-order chi connectivity index (χ0) is 12.8. The SMILES string of the molecule is CCCC(CCC)C(O)c1cccc(Br)c1F. The van der Waals surface area contributed by atoms with Gasteiger partial charge in [0.05, 0.1) is 10.6 Å². The summed E-state index contributed by atoms with van der Waals surface area (Å²) in [7, 11) is 0. The first kappa shape index (κ1) is 14.7. The molecule has 0 amide bonds. The lowest BCUT2D eigenvalue weighted by Gasteiger charge is -2.23. The number of aliphatic hydroxyl groups excluding tert-OH is 1. The molecular formula is C14H20BrFO. The van der Waals surface area contributed by atoms with E-state index in [0.717, 1.165) is 25.7 Å². The van der Waals surface area contributed by atoms with Gasteiger partial charge in [0.1, 0.15) is 5.82 Å². The molecule has 0 heterocycles. The van der Waals surface area contributed by atoms with Crippen molar-refractivity contribution >= 4 is 15.9 Å². The highest BCUT2D eigenvalue weighted by molar-refractivity contribution is 9.10. The van der Waals surface area contributed by atoms with Crippen LogP contribution in [0.3, 0.4) is 0 Å². The predicted octanol–water partition coefficient (Wildman–Crippen LogP) is 4.84. The Bertz CT molecular complexity index is 348. The summed E-state index contributed by atoms with van der Waals surface area (Å²) in [4.78, 5) is 0. The van der Waals surface area contributed by atoms with E-state index in [4.69, 9.17) is 0 Å². The summed E-state index contributed by atoms with van der Waals surface area (Å²) in [6, 6.07) is 5.09. The summed E-state index contributed by atoms with van der Waals surface area (Å²) in [6.07, 6.45) is 3.18. The molecule has 0 aliphatic rings. The zero-order valence-corrected chi connectivity index (χ0v) is 12.0. The van der Waals surface area contributed by atoms with Gasteiger partial charge in [0.25, 0.3) is 0 Å². The van der Waals surface area contributed by atoms with Gasteiger partial charge in [-0.25, -0.2) is 4.39 Å². The summed E-state index contributed by atoms with van der Waals surface area (Å²) < 4.78 is 14.3. The first-order valence-electron chi connectivity index (χ1n) is 6.23. The Hall–Kier alpha value is -0.410. The summed E-state index contributed by atoms with van der Waals surface area (Å²) in [5.41, 5.74) is 0.409. The molecule has 17 heavy (non-hydrogen) atoms. The van der Waals surface area contributed by atoms with Gasteiger partial charge in [0.15, 0.2) is 0 Å². The van der Waals surface area contributed by atoms with Gasteiger partial charge in [-0.15, -0.1) is 0 Å². The maximum atomic E-state index is 13.9. The van der Waals surface area contributed by atoms with Crippen molar-refractivity contribution in [2.45, 2.75) is 45.6 Å². The first-order valence-corrected chi connectivity index (χ1v) is 7.03. The van der Waals surface area contributed by atoms with Crippen LogP contribution in [0.2, 0.25) is 0 Å². The van der Waals surface area contributed by atoms with E-state index in [1.807, 2.05) is 0 Å². The van der Waals surface area contributed by atoms with E-state index in [-0.39, 0.29) is 11.7 Å². The molecule has 1 atom stereocenters. The fourth-order valence-corrected chi connectivity index (χ4v) is 2.59. The minimum absolute atomic E-state index is 0.147. The van der Waals surface area contributed by atoms with Gasteiger partial charge >= 0.3 is 0 Å². The van der Waals surface area contributed by atoms with Crippen molar-refractivity contribution < 1.29 is 9.50 Å². The van der Waals surface area contributed by atoms with Gasteiger partial charge < -0.3 is 5.11 Å². The van der Waals surface area contributed by atoms with E-state index in [1.165, 1.54) is 0 Å². The highest BCUT2D eigenvalue weighted by atomic mass is 79.9. The molecule has 0 spiro atoms. The van der Waals surface area contributed by atoms with E-state index < -0.39 is 6.10 Å². The van der Waals surface area contributed by atoms with Crippen molar-refractivity contribution in [3.8, 4) is 0 Å². The fraction of sp³-hybridized carbons (Fsp3) is 0.571. The second kappa shape index (κ2) is 7.12. The summed E-state index contributed by atoms with van der Waals surface area (Å²) >= 11 is 3.16. The molecule has 0 saturated carbocycles. The number of halogens is 2. The Balaban J connectivity index is 2.92. The van der Waals surface area contributed by atoms with Crippen LogP contribution >= 0.6 is 15.9 Å². The molecule has 96 valence electrons. The minimum atomic E-state index is -0.701. The van der Waals surface area contributed by atoms with Gasteiger partial charge in [-0.05, 0) is 40.8 Å². The maximum Gasteiger partial charge on any atom is 0.143 e. The lowest BCUT2D eigenvalue weighted by molar-refractivity contribution is 0.0928. The van der Waals surface area contributed by atoms with Crippen LogP contribution in [0.15, 0.2) is 22.7 Å². The second-order valence-corrected chi connectivity index (χ2v) is 5.28. The molecular weight excluding hydrogens is 283 g/mol. The van der Waals surface area contributed by atoms with Crippen molar-refractivity contribution in [3.05, 3.63) is 34.1 Å². The van der Waals surface area contributed by atoms with E-state index in [9.17, 15) is 9.50 Å². The molecule has 0 saturated heterocycles. The van der Waals surface area contributed by atoms with Gasteiger partial charge in [0.2, 0.25) is 0 Å². The fourth-order valence-electron chi connectivity index (χ4n) is 2.20. The number of hydrogen-bond acceptors (Lipinski definition) is 1. The molecule has 0 radical (unpaired) electrons. The van der Waals surface area contributed by atoms with Crippen molar-refractivity contribution in [2.24, 2.45) is 5.92 Å². The molecule has 1 unspecified atom stereocenters. The van der Waals surface area contributed by atoms with Crippen LogP contribution in [0.5, 0.6) is 0 Å². The van der Waals surface area contributed by atoms with E-state index in [2.05, 4.69) is 29.8 Å². The van der Waals surface area contributed by atoms with Gasteiger partial charge in [-0.3, -0.25) is 0 Å². The first-order chi connectivity index (χ1) is 8.11.